The molecular weight excluding hydrogens is 225 g/mol. The first-order valence-electron chi connectivity index (χ1n) is 5.88. The Balaban J connectivity index is 2.69. The Hall–Kier alpha value is -1.13. The molecule has 0 radical (unpaired) electrons. The fourth-order valence-corrected chi connectivity index (χ4v) is 1.72. The van der Waals surface area contributed by atoms with Crippen molar-refractivity contribution < 1.29 is 18.7 Å². The third kappa shape index (κ3) is 3.41. The van der Waals surface area contributed by atoms with Crippen LogP contribution in [0, 0.1) is 0 Å². The number of hydrogen-bond donors (Lipinski definition) is 0. The van der Waals surface area contributed by atoms with Crippen molar-refractivity contribution in [3.05, 3.63) is 0 Å². The smallest absolute Gasteiger partial charge is 0.410 e. The average Bonchev–Trinajstić information content (AvgIpc) is 2.19. The van der Waals surface area contributed by atoms with E-state index in [9.17, 15) is 14.0 Å². The summed E-state index contributed by atoms with van der Waals surface area (Å²) in [5, 5.41) is 0. The highest BCUT2D eigenvalue weighted by atomic mass is 19.1. The van der Waals surface area contributed by atoms with Crippen molar-refractivity contribution >= 4 is 11.9 Å². The van der Waals surface area contributed by atoms with Gasteiger partial charge in [-0.15, -0.1) is 0 Å². The summed E-state index contributed by atoms with van der Waals surface area (Å²) in [6, 6.07) is 0. The van der Waals surface area contributed by atoms with Crippen molar-refractivity contribution in [2.45, 2.75) is 51.8 Å². The first kappa shape index (κ1) is 13.9. The van der Waals surface area contributed by atoms with Crippen LogP contribution in [0.2, 0.25) is 0 Å². The van der Waals surface area contributed by atoms with Crippen molar-refractivity contribution in [2.24, 2.45) is 0 Å². The van der Waals surface area contributed by atoms with E-state index in [-0.39, 0.29) is 25.9 Å². The van der Waals surface area contributed by atoms with E-state index < -0.39 is 23.1 Å². The molecule has 0 N–H and O–H groups in total. The van der Waals surface area contributed by atoms with E-state index in [1.54, 1.807) is 27.7 Å². The van der Waals surface area contributed by atoms with Crippen LogP contribution >= 0.6 is 0 Å². The lowest BCUT2D eigenvalue weighted by Gasteiger charge is -2.36. The average molecular weight is 245 g/mol. The van der Waals surface area contributed by atoms with Crippen molar-refractivity contribution in [3.63, 3.8) is 0 Å². The van der Waals surface area contributed by atoms with E-state index in [0.29, 0.717) is 0 Å². The van der Waals surface area contributed by atoms with Crippen LogP contribution in [0.4, 0.5) is 9.18 Å². The van der Waals surface area contributed by atoms with Crippen molar-refractivity contribution in [1.29, 1.82) is 0 Å². The largest absolute Gasteiger partial charge is 0.444 e. The number of ether oxygens (including phenoxy) is 1. The minimum atomic E-state index is -1.91. The first-order chi connectivity index (χ1) is 7.68. The Morgan fingerprint density at radius 3 is 2.59 bits per heavy atom. The standard InChI is InChI=1S/C12H20FNO3/c1-5-12(13)8-14(7-6-9(12)15)10(16)17-11(2,3)4/h5-8H2,1-4H3/t12-/m0/s1. The highest BCUT2D eigenvalue weighted by Gasteiger charge is 2.43. The van der Waals surface area contributed by atoms with Gasteiger partial charge in [-0.1, -0.05) is 6.92 Å². The third-order valence-electron chi connectivity index (χ3n) is 2.76. The van der Waals surface area contributed by atoms with E-state index in [1.807, 2.05) is 0 Å². The van der Waals surface area contributed by atoms with Crippen molar-refractivity contribution in [2.75, 3.05) is 13.1 Å². The predicted molar refractivity (Wildman–Crippen MR) is 61.6 cm³/mol. The molecule has 0 saturated carbocycles. The maximum Gasteiger partial charge on any atom is 0.410 e. The third-order valence-corrected chi connectivity index (χ3v) is 2.76. The van der Waals surface area contributed by atoms with Gasteiger partial charge in [0.15, 0.2) is 11.5 Å². The number of rotatable bonds is 1. The Labute approximate surface area is 101 Å². The second-order valence-corrected chi connectivity index (χ2v) is 5.39. The number of amides is 1. The van der Waals surface area contributed by atoms with Gasteiger partial charge in [-0.25, -0.2) is 9.18 Å². The van der Waals surface area contributed by atoms with Crippen LogP contribution in [0.5, 0.6) is 0 Å². The molecule has 0 bridgehead atoms. The summed E-state index contributed by atoms with van der Waals surface area (Å²) < 4.78 is 19.3. The molecule has 1 heterocycles. The molecule has 0 aliphatic carbocycles. The van der Waals surface area contributed by atoms with Gasteiger partial charge in [0.2, 0.25) is 0 Å². The predicted octanol–water partition coefficient (Wildman–Crippen LogP) is 2.31. The van der Waals surface area contributed by atoms with Gasteiger partial charge in [-0.05, 0) is 27.2 Å². The Bertz CT molecular complexity index is 324. The number of halogens is 1. The molecule has 0 unspecified atom stereocenters. The lowest BCUT2D eigenvalue weighted by atomic mass is 9.91. The lowest BCUT2D eigenvalue weighted by molar-refractivity contribution is -0.135. The number of hydrogen-bond acceptors (Lipinski definition) is 3. The van der Waals surface area contributed by atoms with Crippen LogP contribution in [-0.2, 0) is 9.53 Å². The van der Waals surface area contributed by atoms with E-state index in [2.05, 4.69) is 0 Å². The van der Waals surface area contributed by atoms with E-state index >= 15 is 0 Å². The number of carbonyl (C=O) groups is 2. The van der Waals surface area contributed by atoms with E-state index in [0.717, 1.165) is 0 Å². The maximum absolute atomic E-state index is 14.1. The van der Waals surface area contributed by atoms with Crippen LogP contribution in [0.15, 0.2) is 0 Å². The highest BCUT2D eigenvalue weighted by molar-refractivity contribution is 5.89. The van der Waals surface area contributed by atoms with Gasteiger partial charge in [-0.3, -0.25) is 4.79 Å². The van der Waals surface area contributed by atoms with Gasteiger partial charge >= 0.3 is 6.09 Å². The summed E-state index contributed by atoms with van der Waals surface area (Å²) in [7, 11) is 0. The van der Waals surface area contributed by atoms with E-state index in [4.69, 9.17) is 4.74 Å². The summed E-state index contributed by atoms with van der Waals surface area (Å²) in [5.74, 6) is -0.417. The topological polar surface area (TPSA) is 46.6 Å². The van der Waals surface area contributed by atoms with Gasteiger partial charge in [0.1, 0.15) is 5.60 Å². The molecule has 1 aliphatic heterocycles. The monoisotopic (exact) mass is 245 g/mol. The quantitative estimate of drug-likeness (QED) is 0.712. The van der Waals surface area contributed by atoms with Gasteiger partial charge < -0.3 is 9.64 Å². The molecule has 0 aromatic carbocycles. The summed E-state index contributed by atoms with van der Waals surface area (Å²) in [6.07, 6.45) is -0.408. The molecule has 1 fully saturated rings. The highest BCUT2D eigenvalue weighted by Crippen LogP contribution is 2.26. The Morgan fingerprint density at radius 2 is 2.12 bits per heavy atom. The van der Waals surface area contributed by atoms with Gasteiger partial charge in [0, 0.05) is 13.0 Å². The number of piperidine rings is 1. The SMILES string of the molecule is CC[C@]1(F)CN(C(=O)OC(C)(C)C)CCC1=O. The normalized spacial score (nSPS) is 25.9. The second kappa shape index (κ2) is 4.63. The molecule has 1 rings (SSSR count). The molecule has 1 saturated heterocycles. The fraction of sp³-hybridized carbons (Fsp3) is 0.833. The lowest BCUT2D eigenvalue weighted by Crippen LogP contribution is -2.54. The van der Waals surface area contributed by atoms with Gasteiger partial charge in [0.05, 0.1) is 6.54 Å². The van der Waals surface area contributed by atoms with Gasteiger partial charge in [-0.2, -0.15) is 0 Å². The number of Topliss-reactive ketones (excluding diaryl/α,β-unsaturated/α-hetero) is 1. The van der Waals surface area contributed by atoms with Crippen molar-refractivity contribution in [1.82, 2.24) is 4.90 Å². The molecular formula is C12H20FNO3. The minimum absolute atomic E-state index is 0.0591. The number of ketones is 1. The van der Waals surface area contributed by atoms with E-state index in [1.165, 1.54) is 4.90 Å². The van der Waals surface area contributed by atoms with Crippen LogP contribution in [-0.4, -0.2) is 41.1 Å². The Kier molecular flexibility index (Phi) is 3.79. The molecule has 4 nitrogen and oxygen atoms in total. The molecule has 1 aliphatic rings. The molecule has 98 valence electrons. The summed E-state index contributed by atoms with van der Waals surface area (Å²) in [5.41, 5.74) is -2.51. The molecule has 5 heteroatoms. The van der Waals surface area contributed by atoms with Crippen LogP contribution in [0.1, 0.15) is 40.5 Å². The molecule has 0 aromatic rings. The minimum Gasteiger partial charge on any atom is -0.444 e. The molecule has 1 atom stereocenters. The van der Waals surface area contributed by atoms with Crippen molar-refractivity contribution in [3.8, 4) is 0 Å². The number of alkyl halides is 1. The summed E-state index contributed by atoms with van der Waals surface area (Å²) in [6.45, 7) is 6.90. The number of nitrogens with zero attached hydrogens (tertiary/aromatic N) is 1. The fourth-order valence-electron chi connectivity index (χ4n) is 1.72. The molecule has 0 aromatic heterocycles. The molecule has 17 heavy (non-hydrogen) atoms. The molecule has 1 amide bonds. The van der Waals surface area contributed by atoms with Crippen LogP contribution < -0.4 is 0 Å². The number of likely N-dealkylation sites (tertiary alicyclic amines) is 1. The second-order valence-electron chi connectivity index (χ2n) is 5.39. The number of carbonyl (C=O) groups excluding carboxylic acids is 2. The van der Waals surface area contributed by atoms with Crippen LogP contribution in [0.3, 0.4) is 0 Å². The molecule has 0 spiro atoms. The summed E-state index contributed by atoms with van der Waals surface area (Å²) in [4.78, 5) is 24.5. The first-order valence-corrected chi connectivity index (χ1v) is 5.88. The Morgan fingerprint density at radius 1 is 1.53 bits per heavy atom. The van der Waals surface area contributed by atoms with Gasteiger partial charge in [0.25, 0.3) is 0 Å². The maximum atomic E-state index is 14.1. The zero-order valence-electron chi connectivity index (χ0n) is 10.9. The summed E-state index contributed by atoms with van der Waals surface area (Å²) >= 11 is 0. The van der Waals surface area contributed by atoms with Crippen LogP contribution in [0.25, 0.3) is 0 Å². The zero-order chi connectivity index (χ0) is 13.3. The zero-order valence-corrected chi connectivity index (χ0v) is 10.9.